The number of hydrogen-bond acceptors (Lipinski definition) is 6. The van der Waals surface area contributed by atoms with Gasteiger partial charge in [0.25, 0.3) is 5.89 Å². The van der Waals surface area contributed by atoms with E-state index < -0.39 is 0 Å². The molecule has 0 aliphatic carbocycles. The molecule has 0 saturated carbocycles. The summed E-state index contributed by atoms with van der Waals surface area (Å²) in [5.41, 5.74) is 7.51. The van der Waals surface area contributed by atoms with E-state index in [4.69, 9.17) is 21.9 Å². The summed E-state index contributed by atoms with van der Waals surface area (Å²) in [7, 11) is 0. The first-order valence-electron chi connectivity index (χ1n) is 5.75. The van der Waals surface area contributed by atoms with Gasteiger partial charge < -0.3 is 10.3 Å². The van der Waals surface area contributed by atoms with Gasteiger partial charge in [0.2, 0.25) is 0 Å². The molecule has 2 aromatic heterocycles. The average Bonchev–Trinajstić information content (AvgIpc) is 3.08. The molecule has 7 heteroatoms. The van der Waals surface area contributed by atoms with E-state index in [1.54, 1.807) is 29.2 Å². The lowest BCUT2D eigenvalue weighted by molar-refractivity contribution is 0.425. The van der Waals surface area contributed by atoms with E-state index in [0.29, 0.717) is 28.2 Å². The number of benzene rings is 1. The number of thioether (sulfide) groups is 1. The number of rotatable bonds is 4. The Morgan fingerprint density at radius 1 is 1.35 bits per heavy atom. The van der Waals surface area contributed by atoms with Gasteiger partial charge in [-0.05, 0) is 29.6 Å². The number of thiophene rings is 1. The molecule has 2 heterocycles. The number of nitrogens with two attached hydrogens (primary N) is 1. The number of halogens is 1. The van der Waals surface area contributed by atoms with Crippen molar-refractivity contribution >= 4 is 40.4 Å². The van der Waals surface area contributed by atoms with Crippen LogP contribution in [-0.2, 0) is 5.75 Å². The molecule has 2 N–H and O–H groups in total. The highest BCUT2D eigenvalue weighted by molar-refractivity contribution is 7.98. The Labute approximate surface area is 129 Å². The Morgan fingerprint density at radius 2 is 2.25 bits per heavy atom. The second-order valence-corrected chi connectivity index (χ2v) is 6.23. The van der Waals surface area contributed by atoms with Crippen molar-refractivity contribution in [2.45, 2.75) is 10.6 Å². The van der Waals surface area contributed by atoms with Crippen molar-refractivity contribution in [3.63, 3.8) is 0 Å². The fourth-order valence-corrected chi connectivity index (χ4v) is 3.21. The van der Waals surface area contributed by atoms with Crippen molar-refractivity contribution in [3.05, 3.63) is 45.9 Å². The molecule has 0 atom stereocenters. The molecule has 0 unspecified atom stereocenters. The average molecular weight is 324 g/mol. The summed E-state index contributed by atoms with van der Waals surface area (Å²) in [5.74, 6) is 1.79. The molecule has 0 spiro atoms. The van der Waals surface area contributed by atoms with Gasteiger partial charge in [-0.15, -0.1) is 11.8 Å². The van der Waals surface area contributed by atoms with Gasteiger partial charge in [0.15, 0.2) is 5.82 Å². The van der Waals surface area contributed by atoms with Crippen LogP contribution in [0.5, 0.6) is 0 Å². The third-order valence-corrected chi connectivity index (χ3v) is 4.57. The minimum Gasteiger partial charge on any atom is -0.398 e. The number of hydrogen-bond donors (Lipinski definition) is 1. The topological polar surface area (TPSA) is 64.9 Å². The molecule has 3 aromatic rings. The van der Waals surface area contributed by atoms with Crippen LogP contribution < -0.4 is 5.73 Å². The zero-order valence-electron chi connectivity index (χ0n) is 10.2. The van der Waals surface area contributed by atoms with Crippen LogP contribution in [0.15, 0.2) is 44.4 Å². The largest absolute Gasteiger partial charge is 0.398 e. The van der Waals surface area contributed by atoms with Crippen LogP contribution in [0.3, 0.4) is 0 Å². The van der Waals surface area contributed by atoms with Crippen molar-refractivity contribution < 1.29 is 4.52 Å². The first-order chi connectivity index (χ1) is 9.72. The molecule has 4 nitrogen and oxygen atoms in total. The Hall–Kier alpha value is -1.50. The smallest absolute Gasteiger partial charge is 0.258 e. The summed E-state index contributed by atoms with van der Waals surface area (Å²) < 4.78 is 5.23. The first kappa shape index (κ1) is 13.5. The van der Waals surface area contributed by atoms with Gasteiger partial charge in [-0.3, -0.25) is 0 Å². The highest BCUT2D eigenvalue weighted by atomic mass is 35.5. The van der Waals surface area contributed by atoms with Gasteiger partial charge in [-0.2, -0.15) is 16.3 Å². The van der Waals surface area contributed by atoms with Gasteiger partial charge in [-0.1, -0.05) is 16.8 Å². The van der Waals surface area contributed by atoms with Gasteiger partial charge >= 0.3 is 0 Å². The molecule has 102 valence electrons. The summed E-state index contributed by atoms with van der Waals surface area (Å²) in [5, 5.41) is 8.54. The maximum atomic E-state index is 5.90. The van der Waals surface area contributed by atoms with Crippen molar-refractivity contribution in [1.82, 2.24) is 10.1 Å². The molecule has 0 bridgehead atoms. The molecule has 3 rings (SSSR count). The maximum absolute atomic E-state index is 5.90. The maximum Gasteiger partial charge on any atom is 0.258 e. The van der Waals surface area contributed by atoms with Crippen LogP contribution in [0.4, 0.5) is 5.69 Å². The summed E-state index contributed by atoms with van der Waals surface area (Å²) in [6, 6.07) is 7.39. The van der Waals surface area contributed by atoms with E-state index in [1.807, 2.05) is 29.0 Å². The Kier molecular flexibility index (Phi) is 3.95. The molecular weight excluding hydrogens is 314 g/mol. The predicted molar refractivity (Wildman–Crippen MR) is 83.0 cm³/mol. The van der Waals surface area contributed by atoms with Crippen molar-refractivity contribution in [3.8, 4) is 11.5 Å². The fourth-order valence-electron chi connectivity index (χ4n) is 1.61. The third kappa shape index (κ3) is 2.98. The van der Waals surface area contributed by atoms with Crippen LogP contribution in [0.1, 0.15) is 5.82 Å². The molecule has 0 fully saturated rings. The monoisotopic (exact) mass is 323 g/mol. The van der Waals surface area contributed by atoms with Crippen molar-refractivity contribution in [2.24, 2.45) is 0 Å². The molecule has 0 aliphatic heterocycles. The lowest BCUT2D eigenvalue weighted by Gasteiger charge is -2.03. The predicted octanol–water partition coefficient (Wildman–Crippen LogP) is 4.33. The van der Waals surface area contributed by atoms with E-state index in [1.165, 1.54) is 0 Å². The van der Waals surface area contributed by atoms with Gasteiger partial charge in [0, 0.05) is 21.0 Å². The van der Waals surface area contributed by atoms with E-state index in [-0.39, 0.29) is 0 Å². The van der Waals surface area contributed by atoms with Gasteiger partial charge in [0.1, 0.15) is 0 Å². The zero-order chi connectivity index (χ0) is 13.9. The Balaban J connectivity index is 1.70. The number of nitrogens with zero attached hydrogens (tertiary/aromatic N) is 2. The third-order valence-electron chi connectivity index (χ3n) is 2.56. The van der Waals surface area contributed by atoms with Crippen LogP contribution in [0.25, 0.3) is 11.5 Å². The van der Waals surface area contributed by atoms with Gasteiger partial charge in [0.05, 0.1) is 11.3 Å². The van der Waals surface area contributed by atoms with Gasteiger partial charge in [-0.25, -0.2) is 0 Å². The first-order valence-corrected chi connectivity index (χ1v) is 8.06. The molecule has 0 aliphatic rings. The minimum atomic E-state index is 0.547. The highest BCUT2D eigenvalue weighted by Crippen LogP contribution is 2.30. The molecule has 0 radical (unpaired) electrons. The SMILES string of the molecule is Nc1cc(Cl)ccc1SCc1noc(-c2ccsc2)n1. The second-order valence-electron chi connectivity index (χ2n) is 4.00. The standard InChI is InChI=1S/C13H10ClN3OS2/c14-9-1-2-11(10(15)5-9)20-7-12-16-13(18-17-12)8-3-4-19-6-8/h1-6H,7,15H2. The fraction of sp³-hybridized carbons (Fsp3) is 0.0769. The minimum absolute atomic E-state index is 0.547. The van der Waals surface area contributed by atoms with Crippen LogP contribution in [0, 0.1) is 0 Å². The Morgan fingerprint density at radius 3 is 3.00 bits per heavy atom. The molecular formula is C13H10ClN3OS2. The highest BCUT2D eigenvalue weighted by Gasteiger charge is 2.10. The second kappa shape index (κ2) is 5.87. The molecule has 20 heavy (non-hydrogen) atoms. The lowest BCUT2D eigenvalue weighted by atomic mass is 10.3. The lowest BCUT2D eigenvalue weighted by Crippen LogP contribution is -1.90. The zero-order valence-corrected chi connectivity index (χ0v) is 12.6. The molecule has 0 saturated heterocycles. The van der Waals surface area contributed by atoms with Crippen LogP contribution in [-0.4, -0.2) is 10.1 Å². The van der Waals surface area contributed by atoms with E-state index in [0.717, 1.165) is 10.5 Å². The van der Waals surface area contributed by atoms with E-state index in [9.17, 15) is 0 Å². The Bertz CT molecular complexity index is 712. The summed E-state index contributed by atoms with van der Waals surface area (Å²) >= 11 is 9.02. The summed E-state index contributed by atoms with van der Waals surface area (Å²) in [6.07, 6.45) is 0. The molecule has 1 aromatic carbocycles. The van der Waals surface area contributed by atoms with E-state index >= 15 is 0 Å². The van der Waals surface area contributed by atoms with Crippen LogP contribution in [0.2, 0.25) is 5.02 Å². The number of nitrogen functional groups attached to an aromatic ring is 1. The summed E-state index contributed by atoms with van der Waals surface area (Å²) in [6.45, 7) is 0. The number of anilines is 1. The summed E-state index contributed by atoms with van der Waals surface area (Å²) in [4.78, 5) is 5.31. The number of aromatic nitrogens is 2. The van der Waals surface area contributed by atoms with E-state index in [2.05, 4.69) is 10.1 Å². The van der Waals surface area contributed by atoms with Crippen LogP contribution >= 0.6 is 34.7 Å². The van der Waals surface area contributed by atoms with Crippen molar-refractivity contribution in [1.29, 1.82) is 0 Å². The molecule has 0 amide bonds. The quantitative estimate of drug-likeness (QED) is 0.572. The van der Waals surface area contributed by atoms with Crippen molar-refractivity contribution in [2.75, 3.05) is 5.73 Å². The normalized spacial score (nSPS) is 10.8.